The molecular weight excluding hydrogens is 512 g/mol. The monoisotopic (exact) mass is 550 g/mol. The van der Waals surface area contributed by atoms with Gasteiger partial charge < -0.3 is 20.7 Å². The first-order valence-electron chi connectivity index (χ1n) is 14.5. The lowest BCUT2D eigenvalue weighted by Crippen LogP contribution is -2.37. The lowest BCUT2D eigenvalue weighted by molar-refractivity contribution is -0.117. The summed E-state index contributed by atoms with van der Waals surface area (Å²) in [5.74, 6) is 2.95. The highest BCUT2D eigenvalue weighted by Gasteiger charge is 2.68. The fourth-order valence-electron chi connectivity index (χ4n) is 6.79. The number of benzene rings is 2. The molecule has 1 amide bonds. The number of aliphatic imine (C=N–C) groups is 1. The van der Waals surface area contributed by atoms with Gasteiger partial charge in [-0.15, -0.1) is 0 Å². The number of para-hydroxylation sites is 1. The van der Waals surface area contributed by atoms with Gasteiger partial charge in [0.2, 0.25) is 5.91 Å². The Labute approximate surface area is 241 Å². The van der Waals surface area contributed by atoms with Crippen molar-refractivity contribution in [1.29, 1.82) is 0 Å². The van der Waals surface area contributed by atoms with Crippen LogP contribution >= 0.6 is 0 Å². The number of carbonyl (C=O) groups is 1. The molecule has 8 nitrogen and oxygen atoms in total. The number of carbonyl (C=O) groups excluding carboxylic acids is 1. The number of aromatic nitrogens is 2. The van der Waals surface area contributed by atoms with Crippen LogP contribution in [0, 0.1) is 11.8 Å². The molecule has 2 aliphatic carbocycles. The van der Waals surface area contributed by atoms with E-state index >= 15 is 0 Å². The molecule has 1 aliphatic heterocycles. The Morgan fingerprint density at radius 3 is 2.46 bits per heavy atom. The number of likely N-dealkylation sites (N-methyl/N-ethyl adjacent to an activating group) is 1. The van der Waals surface area contributed by atoms with Gasteiger partial charge in [-0.25, -0.2) is 9.97 Å². The maximum absolute atomic E-state index is 12.4. The second-order valence-corrected chi connectivity index (χ2v) is 11.9. The first-order valence-corrected chi connectivity index (χ1v) is 14.5. The van der Waals surface area contributed by atoms with E-state index in [4.69, 9.17) is 20.4 Å². The minimum Gasteiger partial charge on any atom is -0.457 e. The van der Waals surface area contributed by atoms with Gasteiger partial charge in [0.15, 0.2) is 0 Å². The number of fused-ring (bicyclic) bond motifs is 3. The number of nitrogen functional groups attached to an aromatic ring is 1. The second-order valence-electron chi connectivity index (χ2n) is 11.9. The van der Waals surface area contributed by atoms with Crippen LogP contribution in [0.2, 0.25) is 0 Å². The number of nitrogens with zero attached hydrogens (tertiary/aromatic N) is 4. The lowest BCUT2D eigenvalue weighted by atomic mass is 9.79. The third-order valence-electron chi connectivity index (χ3n) is 8.90. The van der Waals surface area contributed by atoms with E-state index in [1.165, 1.54) is 0 Å². The van der Waals surface area contributed by atoms with E-state index in [0.717, 1.165) is 66.3 Å². The summed E-state index contributed by atoms with van der Waals surface area (Å²) >= 11 is 0. The molecule has 212 valence electrons. The predicted molar refractivity (Wildman–Crippen MR) is 161 cm³/mol. The van der Waals surface area contributed by atoms with Crippen molar-refractivity contribution >= 4 is 17.4 Å². The second kappa shape index (κ2) is 11.1. The van der Waals surface area contributed by atoms with Crippen molar-refractivity contribution in [2.45, 2.75) is 50.1 Å². The van der Waals surface area contributed by atoms with Crippen molar-refractivity contribution in [3.05, 3.63) is 89.9 Å². The van der Waals surface area contributed by atoms with Crippen LogP contribution in [0.25, 0.3) is 0 Å². The van der Waals surface area contributed by atoms with Gasteiger partial charge >= 0.3 is 0 Å². The predicted octanol–water partition coefficient (Wildman–Crippen LogP) is 4.75. The number of ether oxygens (including phenoxy) is 1. The average molecular weight is 551 g/mol. The largest absolute Gasteiger partial charge is 0.457 e. The Morgan fingerprint density at radius 1 is 1.05 bits per heavy atom. The van der Waals surface area contributed by atoms with Crippen molar-refractivity contribution in [2.75, 3.05) is 26.4 Å². The third-order valence-corrected chi connectivity index (χ3v) is 8.90. The standard InChI is InChI=1S/C33H38N6O2/c1-33-28(21-11-15-23(16-12-21)37-26(40)10-7-19-39(2)3)31(33)38-29(27-30(33)35-20-36-32(27)34)22-13-17-25(18-14-22)41-24-8-5-4-6-9-24/h4-10,13-14,17-18,20-21,23,28,31H,11-12,15-16,19H2,1-3H3,(H,37,40)(H2,34,35,36). The van der Waals surface area contributed by atoms with Crippen molar-refractivity contribution in [2.24, 2.45) is 16.8 Å². The van der Waals surface area contributed by atoms with Gasteiger partial charge in [0.05, 0.1) is 23.0 Å². The van der Waals surface area contributed by atoms with Gasteiger partial charge in [-0.05, 0) is 88.0 Å². The van der Waals surface area contributed by atoms with E-state index in [2.05, 4.69) is 17.2 Å². The molecule has 3 N–H and O–H groups in total. The van der Waals surface area contributed by atoms with Gasteiger partial charge in [0.1, 0.15) is 23.6 Å². The molecule has 3 aliphatic rings. The molecule has 0 saturated heterocycles. The first-order chi connectivity index (χ1) is 19.8. The zero-order valence-electron chi connectivity index (χ0n) is 24.0. The quantitative estimate of drug-likeness (QED) is 0.392. The molecule has 41 heavy (non-hydrogen) atoms. The van der Waals surface area contributed by atoms with E-state index in [1.807, 2.05) is 79.7 Å². The molecule has 8 heteroatoms. The smallest absolute Gasteiger partial charge is 0.243 e. The number of hydrogen-bond acceptors (Lipinski definition) is 7. The molecule has 0 spiro atoms. The first kappa shape index (κ1) is 27.1. The topological polar surface area (TPSA) is 106 Å². The van der Waals surface area contributed by atoms with E-state index in [0.29, 0.717) is 17.7 Å². The number of rotatable bonds is 8. The average Bonchev–Trinajstić information content (AvgIpc) is 3.59. The molecule has 2 fully saturated rings. The van der Waals surface area contributed by atoms with E-state index in [9.17, 15) is 4.79 Å². The highest BCUT2D eigenvalue weighted by molar-refractivity contribution is 6.17. The van der Waals surface area contributed by atoms with Crippen molar-refractivity contribution in [1.82, 2.24) is 20.2 Å². The van der Waals surface area contributed by atoms with Gasteiger partial charge in [-0.2, -0.15) is 0 Å². The van der Waals surface area contributed by atoms with Crippen LogP contribution in [0.15, 0.2) is 78.1 Å². The molecule has 2 aromatic carbocycles. The molecule has 6 rings (SSSR count). The number of nitrogens with two attached hydrogens (primary N) is 1. The summed E-state index contributed by atoms with van der Waals surface area (Å²) in [6.45, 7) is 3.04. The molecular formula is C33H38N6O2. The molecule has 3 aromatic rings. The molecule has 2 saturated carbocycles. The minimum atomic E-state index is -0.151. The van der Waals surface area contributed by atoms with Crippen LogP contribution in [-0.4, -0.2) is 59.2 Å². The Balaban J connectivity index is 1.18. The summed E-state index contributed by atoms with van der Waals surface area (Å²) in [5.41, 5.74) is 10.0. The van der Waals surface area contributed by atoms with Gasteiger partial charge in [-0.1, -0.05) is 31.2 Å². The molecule has 3 unspecified atom stereocenters. The zero-order valence-corrected chi connectivity index (χ0v) is 24.0. The molecule has 3 atom stereocenters. The number of nitrogens with one attached hydrogen (secondary N) is 1. The molecule has 0 radical (unpaired) electrons. The van der Waals surface area contributed by atoms with Crippen LogP contribution in [-0.2, 0) is 10.2 Å². The minimum absolute atomic E-state index is 0.00196. The normalized spacial score (nSPS) is 26.7. The molecule has 2 heterocycles. The fraction of sp³-hybridized carbons (Fsp3) is 0.394. The number of hydrogen-bond donors (Lipinski definition) is 2. The van der Waals surface area contributed by atoms with E-state index in [1.54, 1.807) is 12.4 Å². The van der Waals surface area contributed by atoms with Crippen LogP contribution in [0.3, 0.4) is 0 Å². The Morgan fingerprint density at radius 2 is 1.76 bits per heavy atom. The van der Waals surface area contributed by atoms with E-state index in [-0.39, 0.29) is 23.4 Å². The number of amides is 1. The van der Waals surface area contributed by atoms with Crippen LogP contribution in [0.1, 0.15) is 49.4 Å². The molecule has 0 bridgehead atoms. The Kier molecular flexibility index (Phi) is 7.34. The maximum Gasteiger partial charge on any atom is 0.243 e. The van der Waals surface area contributed by atoms with Crippen molar-refractivity contribution in [3.63, 3.8) is 0 Å². The zero-order chi connectivity index (χ0) is 28.6. The summed E-state index contributed by atoms with van der Waals surface area (Å²) in [5, 5.41) is 3.20. The highest BCUT2D eigenvalue weighted by Crippen LogP contribution is 2.64. The van der Waals surface area contributed by atoms with Crippen molar-refractivity contribution in [3.8, 4) is 11.5 Å². The van der Waals surface area contributed by atoms with Gasteiger partial charge in [0, 0.05) is 29.6 Å². The van der Waals surface area contributed by atoms with Crippen LogP contribution in [0.5, 0.6) is 11.5 Å². The summed E-state index contributed by atoms with van der Waals surface area (Å²) in [6, 6.07) is 18.1. The Hall–Kier alpha value is -4.04. The van der Waals surface area contributed by atoms with Gasteiger partial charge in [0.25, 0.3) is 0 Å². The van der Waals surface area contributed by atoms with E-state index < -0.39 is 0 Å². The summed E-state index contributed by atoms with van der Waals surface area (Å²) in [6.07, 6.45) is 9.23. The third kappa shape index (κ3) is 5.36. The SMILES string of the molecule is CN(C)CC=CC(=O)NC1CCC(C2C3N=C(c4ccc(Oc5ccccc5)cc4)c4c(N)ncnc4C32C)CC1. The van der Waals surface area contributed by atoms with Gasteiger partial charge in [-0.3, -0.25) is 9.79 Å². The Bertz CT molecular complexity index is 1460. The van der Waals surface area contributed by atoms with Crippen LogP contribution < -0.4 is 15.8 Å². The summed E-state index contributed by atoms with van der Waals surface area (Å²) in [7, 11) is 3.98. The van der Waals surface area contributed by atoms with Crippen molar-refractivity contribution < 1.29 is 9.53 Å². The fourth-order valence-corrected chi connectivity index (χ4v) is 6.79. The molecule has 1 aromatic heterocycles. The summed E-state index contributed by atoms with van der Waals surface area (Å²) in [4.78, 5) is 28.9. The maximum atomic E-state index is 12.4. The van der Waals surface area contributed by atoms with Crippen LogP contribution in [0.4, 0.5) is 5.82 Å². The lowest BCUT2D eigenvalue weighted by Gasteiger charge is -2.30. The highest BCUT2D eigenvalue weighted by atomic mass is 16.5. The number of anilines is 1. The summed E-state index contributed by atoms with van der Waals surface area (Å²) < 4.78 is 6.00.